The number of halogens is 1. The molecule has 6 heteroatoms. The van der Waals surface area contributed by atoms with Crippen molar-refractivity contribution in [2.75, 3.05) is 0 Å². The average Bonchev–Trinajstić information content (AvgIpc) is 2.63. The molecule has 3 aromatic carbocycles. The van der Waals surface area contributed by atoms with Gasteiger partial charge in [0.1, 0.15) is 16.4 Å². The van der Waals surface area contributed by atoms with Crippen LogP contribution in [0.25, 0.3) is 0 Å². The van der Waals surface area contributed by atoms with Crippen molar-refractivity contribution in [3.63, 3.8) is 0 Å². The van der Waals surface area contributed by atoms with E-state index in [0.29, 0.717) is 0 Å². The van der Waals surface area contributed by atoms with Crippen LogP contribution in [0, 0.1) is 14.1 Å². The summed E-state index contributed by atoms with van der Waals surface area (Å²) in [6.07, 6.45) is 0.901. The minimum Gasteiger partial charge on any atom is -0.744 e. The van der Waals surface area contributed by atoms with E-state index in [2.05, 4.69) is 30.3 Å². The molecule has 0 aliphatic rings. The zero-order chi connectivity index (χ0) is 19.0. The van der Waals surface area contributed by atoms with E-state index in [1.807, 2.05) is 31.2 Å². The Labute approximate surface area is 163 Å². The van der Waals surface area contributed by atoms with Gasteiger partial charge in [-0.2, -0.15) is 0 Å². The molecule has 3 rings (SSSR count). The van der Waals surface area contributed by atoms with Crippen LogP contribution in [0.4, 0.5) is 0 Å². The molecule has 3 aromatic rings. The number of aldehydes is 1. The Morgan fingerprint density at radius 1 is 0.846 bits per heavy atom. The predicted molar refractivity (Wildman–Crippen MR) is 94.8 cm³/mol. The Balaban J connectivity index is 0.000000197. The summed E-state index contributed by atoms with van der Waals surface area (Å²) < 4.78 is 33.8. The Morgan fingerprint density at radius 2 is 1.46 bits per heavy atom. The maximum absolute atomic E-state index is 10.6. The second-order valence-electron chi connectivity index (χ2n) is 5.33. The van der Waals surface area contributed by atoms with Crippen LogP contribution >= 0.6 is 0 Å². The van der Waals surface area contributed by atoms with Gasteiger partial charge >= 0.3 is 21.2 Å². The molecule has 0 aliphatic heterocycles. The van der Waals surface area contributed by atoms with E-state index in [9.17, 15) is 17.8 Å². The molecule has 0 saturated carbocycles. The molecule has 0 atom stereocenters. The zero-order valence-electron chi connectivity index (χ0n) is 14.0. The smallest absolute Gasteiger partial charge is 0.357 e. The van der Waals surface area contributed by atoms with Crippen LogP contribution in [0.1, 0.15) is 15.9 Å². The predicted octanol–water partition coefficient (Wildman–Crippen LogP) is 0.527. The van der Waals surface area contributed by atoms with Crippen LogP contribution in [-0.4, -0.2) is 19.3 Å². The van der Waals surface area contributed by atoms with Crippen molar-refractivity contribution < 1.29 is 39.0 Å². The first-order chi connectivity index (χ1) is 12.4. The van der Waals surface area contributed by atoms with Crippen LogP contribution in [0.2, 0.25) is 0 Å². The summed E-state index contributed by atoms with van der Waals surface area (Å²) in [6, 6.07) is 24.0. The molecule has 134 valence electrons. The standard InChI is InChI=1S/C13H10IO.C7H8O3S/c15-10-11-5-4-8-13(9-11)14-12-6-2-1-3-7-12;1-6-2-4-7(5-3-6)11(8,9)10/h1-10H;2-5H,1H3,(H,8,9,10)/q+1;/p-1. The van der Waals surface area contributed by atoms with Gasteiger partial charge in [-0.3, -0.25) is 4.79 Å². The number of carbonyl (C=O) groups excluding carboxylic acids is 1. The topological polar surface area (TPSA) is 74.3 Å². The fourth-order valence-electron chi connectivity index (χ4n) is 1.95. The molecule has 26 heavy (non-hydrogen) atoms. The van der Waals surface area contributed by atoms with E-state index in [4.69, 9.17) is 0 Å². The number of aryl methyl sites for hydroxylation is 1. The van der Waals surface area contributed by atoms with E-state index in [1.165, 1.54) is 19.3 Å². The van der Waals surface area contributed by atoms with E-state index in [0.717, 1.165) is 17.4 Å². The lowest BCUT2D eigenvalue weighted by molar-refractivity contribution is -0.597. The van der Waals surface area contributed by atoms with Gasteiger partial charge in [-0.05, 0) is 37.3 Å². The summed E-state index contributed by atoms with van der Waals surface area (Å²) in [5.74, 6) is 0. The first-order valence-corrected chi connectivity index (χ1v) is 11.2. The van der Waals surface area contributed by atoms with Crippen molar-refractivity contribution in [3.8, 4) is 0 Å². The van der Waals surface area contributed by atoms with Crippen LogP contribution in [0.3, 0.4) is 0 Å². The molecule has 0 saturated heterocycles. The van der Waals surface area contributed by atoms with Gasteiger partial charge in [-0.25, -0.2) is 8.42 Å². The molecule has 0 fully saturated rings. The quantitative estimate of drug-likeness (QED) is 0.310. The molecule has 0 amide bonds. The normalized spacial score (nSPS) is 10.5. The maximum atomic E-state index is 10.6. The first-order valence-electron chi connectivity index (χ1n) is 7.66. The van der Waals surface area contributed by atoms with Crippen LogP contribution in [-0.2, 0) is 10.1 Å². The van der Waals surface area contributed by atoms with E-state index < -0.39 is 10.1 Å². The van der Waals surface area contributed by atoms with Gasteiger partial charge in [0, 0.05) is 11.6 Å². The highest BCUT2D eigenvalue weighted by atomic mass is 127. The van der Waals surface area contributed by atoms with E-state index in [-0.39, 0.29) is 26.1 Å². The summed E-state index contributed by atoms with van der Waals surface area (Å²) in [7, 11) is -4.27. The number of rotatable bonds is 4. The number of benzene rings is 3. The summed E-state index contributed by atoms with van der Waals surface area (Å²) in [4.78, 5) is 10.4. The highest BCUT2D eigenvalue weighted by molar-refractivity contribution is 7.85. The summed E-state index contributed by atoms with van der Waals surface area (Å²) in [5, 5.41) is 0. The van der Waals surface area contributed by atoms with Gasteiger partial charge in [0.15, 0.2) is 7.14 Å². The molecule has 0 bridgehead atoms. The largest absolute Gasteiger partial charge is 0.744 e. The molecule has 0 aliphatic carbocycles. The van der Waals surface area contributed by atoms with Crippen molar-refractivity contribution in [1.29, 1.82) is 0 Å². The van der Waals surface area contributed by atoms with Gasteiger partial charge in [0.05, 0.1) is 4.90 Å². The Kier molecular flexibility index (Phi) is 7.50. The second kappa shape index (κ2) is 9.61. The maximum Gasteiger partial charge on any atom is 0.357 e. The Hall–Kier alpha value is -2.03. The highest BCUT2D eigenvalue weighted by Crippen LogP contribution is 2.08. The molecule has 0 unspecified atom stereocenters. The fourth-order valence-corrected chi connectivity index (χ4v) is 4.81. The lowest BCUT2D eigenvalue weighted by Gasteiger charge is -2.05. The van der Waals surface area contributed by atoms with Crippen LogP contribution in [0.15, 0.2) is 83.8 Å². The third-order valence-electron chi connectivity index (χ3n) is 3.25. The SMILES string of the molecule is Cc1ccc(S(=O)(=O)[O-])cc1.O=Cc1cccc([I+]c2ccccc2)c1. The Morgan fingerprint density at radius 3 is 2.04 bits per heavy atom. The molecule has 0 aromatic heterocycles. The summed E-state index contributed by atoms with van der Waals surface area (Å²) in [6.45, 7) is 1.82. The lowest BCUT2D eigenvalue weighted by Crippen LogP contribution is -3.61. The van der Waals surface area contributed by atoms with Crippen LogP contribution in [0.5, 0.6) is 0 Å². The first kappa shape index (κ1) is 20.3. The van der Waals surface area contributed by atoms with E-state index in [1.54, 1.807) is 12.1 Å². The molecular weight excluding hydrogens is 463 g/mol. The van der Waals surface area contributed by atoms with Gasteiger partial charge in [-0.15, -0.1) is 0 Å². The van der Waals surface area contributed by atoms with Crippen LogP contribution < -0.4 is 21.2 Å². The third-order valence-corrected chi connectivity index (χ3v) is 6.73. The summed E-state index contributed by atoms with van der Waals surface area (Å²) >= 11 is -0.153. The van der Waals surface area contributed by atoms with Gasteiger partial charge in [0.25, 0.3) is 0 Å². The minimum absolute atomic E-state index is 0.153. The second-order valence-corrected chi connectivity index (χ2v) is 9.74. The molecule has 0 spiro atoms. The van der Waals surface area contributed by atoms with Crippen molar-refractivity contribution in [3.05, 3.63) is 97.1 Å². The molecule has 0 N–H and O–H groups in total. The molecule has 4 nitrogen and oxygen atoms in total. The van der Waals surface area contributed by atoms with Crippen molar-refractivity contribution in [2.45, 2.75) is 11.8 Å². The third kappa shape index (κ3) is 6.70. The average molecular weight is 480 g/mol. The van der Waals surface area contributed by atoms with Gasteiger partial charge < -0.3 is 4.55 Å². The van der Waals surface area contributed by atoms with Crippen molar-refractivity contribution >= 4 is 16.4 Å². The number of hydrogen-bond donors (Lipinski definition) is 0. The van der Waals surface area contributed by atoms with Gasteiger partial charge in [0.2, 0.25) is 0 Å². The lowest BCUT2D eigenvalue weighted by atomic mass is 10.2. The molecular formula is C20H17IO4S. The zero-order valence-corrected chi connectivity index (χ0v) is 17.0. The summed E-state index contributed by atoms with van der Waals surface area (Å²) in [5.41, 5.74) is 1.69. The van der Waals surface area contributed by atoms with Crippen molar-refractivity contribution in [1.82, 2.24) is 0 Å². The minimum atomic E-state index is -4.27. The van der Waals surface area contributed by atoms with E-state index >= 15 is 0 Å². The van der Waals surface area contributed by atoms with Gasteiger partial charge in [-0.1, -0.05) is 48.0 Å². The van der Waals surface area contributed by atoms with Crippen molar-refractivity contribution in [2.24, 2.45) is 0 Å². The number of carbonyl (C=O) groups is 1. The Bertz CT molecular complexity index is 953. The fraction of sp³-hybridized carbons (Fsp3) is 0.0500. The number of hydrogen-bond acceptors (Lipinski definition) is 4. The molecule has 0 radical (unpaired) electrons. The monoisotopic (exact) mass is 480 g/mol. The highest BCUT2D eigenvalue weighted by Gasteiger charge is 2.14. The molecule has 0 heterocycles.